The average molecular weight is 203 g/mol. The Kier molecular flexibility index (Phi) is 3.35. The Bertz CT molecular complexity index is 172. The summed E-state index contributed by atoms with van der Waals surface area (Å²) in [4.78, 5) is 0. The molecule has 2 saturated heterocycles. The average Bonchev–Trinajstić information content (AvgIpc) is 2.24. The third-order valence-corrected chi connectivity index (χ3v) is 2.54. The van der Waals surface area contributed by atoms with Crippen LogP contribution in [-0.4, -0.2) is 46.1 Å². The monoisotopic (exact) mass is 203 g/mol. The summed E-state index contributed by atoms with van der Waals surface area (Å²) in [6, 6.07) is 0. The highest BCUT2D eigenvalue weighted by atomic mass is 16.7. The molecule has 5 heteroatoms. The minimum atomic E-state index is -0.146. The molecule has 2 aliphatic heterocycles. The summed E-state index contributed by atoms with van der Waals surface area (Å²) in [6.07, 6.45) is 0.602. The van der Waals surface area contributed by atoms with Crippen molar-refractivity contribution in [2.75, 3.05) is 39.8 Å². The molecule has 1 spiro atoms. The molecule has 0 bridgehead atoms. The molecule has 0 aromatic rings. The van der Waals surface area contributed by atoms with Crippen molar-refractivity contribution in [1.29, 1.82) is 0 Å². The first-order valence-electron chi connectivity index (χ1n) is 4.93. The SMILES string of the molecule is NCCC1OCC2(COCOC2)CO1. The van der Waals surface area contributed by atoms with Gasteiger partial charge in [0.2, 0.25) is 0 Å². The largest absolute Gasteiger partial charge is 0.355 e. The lowest BCUT2D eigenvalue weighted by Crippen LogP contribution is -2.50. The van der Waals surface area contributed by atoms with Gasteiger partial charge in [-0.05, 0) is 6.54 Å². The van der Waals surface area contributed by atoms with Crippen molar-refractivity contribution < 1.29 is 18.9 Å². The Morgan fingerprint density at radius 3 is 2.29 bits per heavy atom. The molecule has 2 fully saturated rings. The molecule has 0 aromatic carbocycles. The fraction of sp³-hybridized carbons (Fsp3) is 1.00. The molecule has 2 heterocycles. The van der Waals surface area contributed by atoms with E-state index < -0.39 is 0 Å². The quantitative estimate of drug-likeness (QED) is 0.667. The van der Waals surface area contributed by atoms with Crippen molar-refractivity contribution in [3.63, 3.8) is 0 Å². The van der Waals surface area contributed by atoms with Crippen LogP contribution in [0.25, 0.3) is 0 Å². The van der Waals surface area contributed by atoms with E-state index >= 15 is 0 Å². The van der Waals surface area contributed by atoms with Gasteiger partial charge in [-0.2, -0.15) is 0 Å². The van der Waals surface area contributed by atoms with E-state index in [1.807, 2.05) is 0 Å². The number of hydrogen-bond donors (Lipinski definition) is 1. The summed E-state index contributed by atoms with van der Waals surface area (Å²) < 4.78 is 21.6. The lowest BCUT2D eigenvalue weighted by Gasteiger charge is -2.41. The van der Waals surface area contributed by atoms with Crippen LogP contribution in [0.3, 0.4) is 0 Å². The molecule has 5 nitrogen and oxygen atoms in total. The third kappa shape index (κ3) is 2.24. The molecule has 0 radical (unpaired) electrons. The normalized spacial score (nSPS) is 28.1. The van der Waals surface area contributed by atoms with E-state index in [1.54, 1.807) is 0 Å². The van der Waals surface area contributed by atoms with Gasteiger partial charge in [-0.15, -0.1) is 0 Å². The first-order chi connectivity index (χ1) is 6.85. The molecule has 14 heavy (non-hydrogen) atoms. The highest BCUT2D eigenvalue weighted by Gasteiger charge is 2.39. The van der Waals surface area contributed by atoms with E-state index in [1.165, 1.54) is 0 Å². The molecule has 2 rings (SSSR count). The van der Waals surface area contributed by atoms with Gasteiger partial charge in [0.25, 0.3) is 0 Å². The Morgan fingerprint density at radius 2 is 1.71 bits per heavy atom. The van der Waals surface area contributed by atoms with Crippen LogP contribution in [0.15, 0.2) is 0 Å². The van der Waals surface area contributed by atoms with Crippen LogP contribution in [0.1, 0.15) is 6.42 Å². The second-order valence-electron chi connectivity index (χ2n) is 3.94. The Labute approximate surface area is 83.4 Å². The highest BCUT2D eigenvalue weighted by Crippen LogP contribution is 2.28. The number of rotatable bonds is 2. The van der Waals surface area contributed by atoms with Gasteiger partial charge in [0, 0.05) is 6.42 Å². The maximum absolute atomic E-state index is 5.55. The maximum Gasteiger partial charge on any atom is 0.158 e. The number of hydrogen-bond acceptors (Lipinski definition) is 5. The van der Waals surface area contributed by atoms with Gasteiger partial charge in [0.1, 0.15) is 6.79 Å². The predicted octanol–water partition coefficient (Wildman–Crippen LogP) is -0.301. The lowest BCUT2D eigenvalue weighted by molar-refractivity contribution is -0.279. The molecule has 2 N–H and O–H groups in total. The molecule has 0 atom stereocenters. The van der Waals surface area contributed by atoms with Gasteiger partial charge in [-0.3, -0.25) is 0 Å². The van der Waals surface area contributed by atoms with Crippen LogP contribution in [0.5, 0.6) is 0 Å². The van der Waals surface area contributed by atoms with E-state index in [2.05, 4.69) is 0 Å². The number of nitrogens with two attached hydrogens (primary N) is 1. The van der Waals surface area contributed by atoms with Gasteiger partial charge >= 0.3 is 0 Å². The molecular weight excluding hydrogens is 186 g/mol. The van der Waals surface area contributed by atoms with Crippen molar-refractivity contribution in [3.05, 3.63) is 0 Å². The fourth-order valence-corrected chi connectivity index (χ4v) is 1.72. The van der Waals surface area contributed by atoms with Gasteiger partial charge < -0.3 is 24.7 Å². The summed E-state index contributed by atoms with van der Waals surface area (Å²) in [5.41, 5.74) is 5.33. The van der Waals surface area contributed by atoms with Crippen LogP contribution in [0.4, 0.5) is 0 Å². The summed E-state index contributed by atoms with van der Waals surface area (Å²) in [5, 5.41) is 0. The highest BCUT2D eigenvalue weighted by molar-refractivity contribution is 4.82. The van der Waals surface area contributed by atoms with E-state index in [0.29, 0.717) is 39.8 Å². The molecular formula is C9H17NO4. The third-order valence-electron chi connectivity index (χ3n) is 2.54. The standard InChI is InChI=1S/C9H17NO4/c10-2-1-8-13-5-9(6-14-8)3-11-7-12-4-9/h8H,1-7,10H2. The minimum Gasteiger partial charge on any atom is -0.355 e. The second-order valence-corrected chi connectivity index (χ2v) is 3.94. The van der Waals surface area contributed by atoms with Gasteiger partial charge in [-0.1, -0.05) is 0 Å². The Balaban J connectivity index is 1.81. The Morgan fingerprint density at radius 1 is 1.07 bits per heavy atom. The zero-order chi connectivity index (χ0) is 9.86. The van der Waals surface area contributed by atoms with Gasteiger partial charge in [0.15, 0.2) is 6.29 Å². The lowest BCUT2D eigenvalue weighted by atomic mass is 9.91. The molecule has 0 unspecified atom stereocenters. The van der Waals surface area contributed by atoms with E-state index in [0.717, 1.165) is 6.42 Å². The number of ether oxygens (including phenoxy) is 4. The van der Waals surface area contributed by atoms with Crippen LogP contribution in [0, 0.1) is 5.41 Å². The van der Waals surface area contributed by atoms with E-state index in [4.69, 9.17) is 24.7 Å². The first kappa shape index (κ1) is 10.3. The van der Waals surface area contributed by atoms with Crippen LogP contribution < -0.4 is 5.73 Å². The van der Waals surface area contributed by atoms with Crippen molar-refractivity contribution >= 4 is 0 Å². The van der Waals surface area contributed by atoms with Crippen molar-refractivity contribution in [2.24, 2.45) is 11.1 Å². The van der Waals surface area contributed by atoms with Crippen molar-refractivity contribution in [1.82, 2.24) is 0 Å². The molecule has 0 amide bonds. The zero-order valence-electron chi connectivity index (χ0n) is 8.24. The van der Waals surface area contributed by atoms with Crippen molar-refractivity contribution in [2.45, 2.75) is 12.7 Å². The van der Waals surface area contributed by atoms with Crippen LogP contribution >= 0.6 is 0 Å². The predicted molar refractivity (Wildman–Crippen MR) is 48.6 cm³/mol. The molecule has 0 aliphatic carbocycles. The van der Waals surface area contributed by atoms with Crippen molar-refractivity contribution in [3.8, 4) is 0 Å². The second kappa shape index (κ2) is 4.55. The first-order valence-corrected chi connectivity index (χ1v) is 4.93. The minimum absolute atomic E-state index is 0.0939. The molecule has 2 aliphatic rings. The topological polar surface area (TPSA) is 62.9 Å². The summed E-state index contributed by atoms with van der Waals surface area (Å²) >= 11 is 0. The zero-order valence-corrected chi connectivity index (χ0v) is 8.24. The molecule has 0 saturated carbocycles. The summed E-state index contributed by atoms with van der Waals surface area (Å²) in [5.74, 6) is 0. The summed E-state index contributed by atoms with van der Waals surface area (Å²) in [6.45, 7) is 3.55. The van der Waals surface area contributed by atoms with Gasteiger partial charge in [-0.25, -0.2) is 0 Å². The molecule has 82 valence electrons. The smallest absolute Gasteiger partial charge is 0.158 e. The Hall–Kier alpha value is -0.200. The fourth-order valence-electron chi connectivity index (χ4n) is 1.72. The van der Waals surface area contributed by atoms with Gasteiger partial charge in [0.05, 0.1) is 31.8 Å². The van der Waals surface area contributed by atoms with Crippen LogP contribution in [-0.2, 0) is 18.9 Å². The van der Waals surface area contributed by atoms with Crippen LogP contribution in [0.2, 0.25) is 0 Å². The summed E-state index contributed by atoms with van der Waals surface area (Å²) in [7, 11) is 0. The maximum atomic E-state index is 5.55. The van der Waals surface area contributed by atoms with E-state index in [-0.39, 0.29) is 11.7 Å². The van der Waals surface area contributed by atoms with E-state index in [9.17, 15) is 0 Å². The molecule has 0 aromatic heterocycles.